The Morgan fingerprint density at radius 2 is 2.18 bits per heavy atom. The van der Waals surface area contributed by atoms with Crippen LogP contribution in [0, 0.1) is 5.92 Å². The number of nitrogens with zero attached hydrogens (tertiary/aromatic N) is 1. The van der Waals surface area contributed by atoms with Gasteiger partial charge in [0.05, 0.1) is 6.61 Å². The largest absolute Gasteiger partial charge is 0.465 e. The number of piperidine rings is 1. The van der Waals surface area contributed by atoms with Crippen molar-refractivity contribution >= 4 is 5.97 Å². The number of hydrogen-bond donors (Lipinski definition) is 1. The lowest BCUT2D eigenvalue weighted by Crippen LogP contribution is -2.46. The van der Waals surface area contributed by atoms with Gasteiger partial charge in [0.25, 0.3) is 0 Å². The zero-order valence-electron chi connectivity index (χ0n) is 13.8. The normalized spacial score (nSPS) is 19.9. The van der Waals surface area contributed by atoms with Crippen molar-refractivity contribution in [3.63, 3.8) is 0 Å². The van der Waals surface area contributed by atoms with Crippen molar-refractivity contribution in [2.45, 2.75) is 32.2 Å². The van der Waals surface area contributed by atoms with Gasteiger partial charge in [-0.1, -0.05) is 30.3 Å². The second kappa shape index (κ2) is 8.91. The van der Waals surface area contributed by atoms with E-state index in [1.54, 1.807) is 0 Å². The van der Waals surface area contributed by atoms with Gasteiger partial charge in [0.1, 0.15) is 6.04 Å². The number of carbonyl (C=O) groups is 1. The molecule has 2 rings (SSSR count). The van der Waals surface area contributed by atoms with Gasteiger partial charge in [0.15, 0.2) is 0 Å². The van der Waals surface area contributed by atoms with Gasteiger partial charge in [-0.05, 0) is 57.8 Å². The molecular formula is C18H28N2O2. The van der Waals surface area contributed by atoms with Gasteiger partial charge >= 0.3 is 5.97 Å². The van der Waals surface area contributed by atoms with E-state index in [-0.39, 0.29) is 12.0 Å². The first-order valence-electron chi connectivity index (χ1n) is 8.32. The fraction of sp³-hybridized carbons (Fsp3) is 0.611. The van der Waals surface area contributed by atoms with E-state index in [1.165, 1.54) is 18.4 Å². The van der Waals surface area contributed by atoms with E-state index in [0.717, 1.165) is 19.6 Å². The zero-order chi connectivity index (χ0) is 15.8. The van der Waals surface area contributed by atoms with Gasteiger partial charge in [0.2, 0.25) is 0 Å². The van der Waals surface area contributed by atoms with Crippen molar-refractivity contribution in [1.82, 2.24) is 10.2 Å². The van der Waals surface area contributed by atoms with Gasteiger partial charge in [-0.3, -0.25) is 9.69 Å². The predicted molar refractivity (Wildman–Crippen MR) is 88.8 cm³/mol. The van der Waals surface area contributed by atoms with Crippen LogP contribution >= 0.6 is 0 Å². The lowest BCUT2D eigenvalue weighted by Gasteiger charge is -2.32. The molecule has 2 unspecified atom stereocenters. The lowest BCUT2D eigenvalue weighted by atomic mass is 9.97. The average Bonchev–Trinajstić information content (AvgIpc) is 2.54. The Kier molecular flexibility index (Phi) is 6.87. The molecule has 0 radical (unpaired) electrons. The summed E-state index contributed by atoms with van der Waals surface area (Å²) in [5.41, 5.74) is 1.18. The van der Waals surface area contributed by atoms with Crippen molar-refractivity contribution in [2.75, 3.05) is 33.3 Å². The van der Waals surface area contributed by atoms with Crippen LogP contribution in [0.25, 0.3) is 0 Å². The van der Waals surface area contributed by atoms with E-state index in [4.69, 9.17) is 4.74 Å². The maximum Gasteiger partial charge on any atom is 0.323 e. The molecule has 1 saturated heterocycles. The summed E-state index contributed by atoms with van der Waals surface area (Å²) in [5.74, 6) is 0.504. The molecule has 1 aromatic carbocycles. The van der Waals surface area contributed by atoms with Crippen LogP contribution in [0.4, 0.5) is 0 Å². The summed E-state index contributed by atoms with van der Waals surface area (Å²) in [6.07, 6.45) is 3.16. The first-order chi connectivity index (χ1) is 10.7. The smallest absolute Gasteiger partial charge is 0.323 e. The predicted octanol–water partition coefficient (Wildman–Crippen LogP) is 2.09. The maximum atomic E-state index is 12.4. The van der Waals surface area contributed by atoms with E-state index in [1.807, 2.05) is 32.2 Å². The molecule has 4 nitrogen and oxygen atoms in total. The molecule has 0 aromatic heterocycles. The van der Waals surface area contributed by atoms with E-state index in [9.17, 15) is 4.79 Å². The Labute approximate surface area is 133 Å². The van der Waals surface area contributed by atoms with Crippen molar-refractivity contribution in [3.8, 4) is 0 Å². The van der Waals surface area contributed by atoms with Crippen molar-refractivity contribution in [2.24, 2.45) is 5.92 Å². The molecule has 1 aliphatic rings. The van der Waals surface area contributed by atoms with Crippen LogP contribution < -0.4 is 5.32 Å². The Morgan fingerprint density at radius 3 is 2.82 bits per heavy atom. The molecule has 1 fully saturated rings. The molecule has 0 amide bonds. The van der Waals surface area contributed by atoms with Gasteiger partial charge in [-0.25, -0.2) is 0 Å². The minimum atomic E-state index is -0.204. The third-order valence-electron chi connectivity index (χ3n) is 4.31. The van der Waals surface area contributed by atoms with Crippen LogP contribution in [-0.2, 0) is 16.0 Å². The number of carbonyl (C=O) groups excluding carboxylic acids is 1. The fourth-order valence-corrected chi connectivity index (χ4v) is 3.11. The summed E-state index contributed by atoms with van der Waals surface area (Å²) < 4.78 is 5.29. The van der Waals surface area contributed by atoms with Gasteiger partial charge in [0, 0.05) is 6.54 Å². The van der Waals surface area contributed by atoms with Crippen molar-refractivity contribution < 1.29 is 9.53 Å². The molecule has 0 spiro atoms. The van der Waals surface area contributed by atoms with Crippen LogP contribution in [0.1, 0.15) is 25.3 Å². The highest BCUT2D eigenvalue weighted by Crippen LogP contribution is 2.15. The number of benzene rings is 1. The molecular weight excluding hydrogens is 276 g/mol. The molecule has 1 aromatic rings. The number of hydrogen-bond acceptors (Lipinski definition) is 4. The molecule has 2 atom stereocenters. The van der Waals surface area contributed by atoms with E-state index in [2.05, 4.69) is 22.3 Å². The van der Waals surface area contributed by atoms with Crippen LogP contribution in [0.5, 0.6) is 0 Å². The molecule has 0 bridgehead atoms. The standard InChI is InChI=1S/C18H28N2O2/c1-3-22-18(21)17(12-15-8-5-4-6-9-15)20(2)14-16-10-7-11-19-13-16/h4-6,8-9,16-17,19H,3,7,10-14H2,1-2H3. The summed E-state index contributed by atoms with van der Waals surface area (Å²) in [4.78, 5) is 14.5. The molecule has 4 heteroatoms. The number of rotatable bonds is 7. The minimum Gasteiger partial charge on any atom is -0.465 e. The number of ether oxygens (including phenoxy) is 1. The van der Waals surface area contributed by atoms with Crippen molar-refractivity contribution in [1.29, 1.82) is 0 Å². The van der Waals surface area contributed by atoms with Crippen LogP contribution in [0.15, 0.2) is 30.3 Å². The fourth-order valence-electron chi connectivity index (χ4n) is 3.11. The van der Waals surface area contributed by atoms with Crippen LogP contribution in [0.3, 0.4) is 0 Å². The van der Waals surface area contributed by atoms with Gasteiger partial charge in [-0.15, -0.1) is 0 Å². The summed E-state index contributed by atoms with van der Waals surface area (Å²) in [7, 11) is 2.04. The van der Waals surface area contributed by atoms with E-state index in [0.29, 0.717) is 18.9 Å². The van der Waals surface area contributed by atoms with Crippen molar-refractivity contribution in [3.05, 3.63) is 35.9 Å². The Balaban J connectivity index is 2.00. The highest BCUT2D eigenvalue weighted by Gasteiger charge is 2.27. The maximum absolute atomic E-state index is 12.4. The molecule has 1 aliphatic heterocycles. The highest BCUT2D eigenvalue weighted by molar-refractivity contribution is 5.76. The third-order valence-corrected chi connectivity index (χ3v) is 4.31. The summed E-state index contributed by atoms with van der Waals surface area (Å²) in [6, 6.07) is 9.97. The second-order valence-electron chi connectivity index (χ2n) is 6.11. The van der Waals surface area contributed by atoms with E-state index >= 15 is 0 Å². The summed E-state index contributed by atoms with van der Waals surface area (Å²) in [6.45, 7) is 5.39. The second-order valence-corrected chi connectivity index (χ2v) is 6.11. The number of nitrogens with one attached hydrogen (secondary N) is 1. The number of likely N-dealkylation sites (N-methyl/N-ethyl adjacent to an activating group) is 1. The molecule has 1 N–H and O–H groups in total. The van der Waals surface area contributed by atoms with Gasteiger partial charge in [-0.2, -0.15) is 0 Å². The number of esters is 1. The Hall–Kier alpha value is -1.39. The SMILES string of the molecule is CCOC(=O)C(Cc1ccccc1)N(C)CC1CCCNC1. The minimum absolute atomic E-state index is 0.113. The quantitative estimate of drug-likeness (QED) is 0.783. The topological polar surface area (TPSA) is 41.6 Å². The first kappa shape index (κ1) is 17.0. The molecule has 1 heterocycles. The molecule has 22 heavy (non-hydrogen) atoms. The molecule has 0 saturated carbocycles. The highest BCUT2D eigenvalue weighted by atomic mass is 16.5. The summed E-state index contributed by atoms with van der Waals surface area (Å²) in [5, 5.41) is 3.44. The summed E-state index contributed by atoms with van der Waals surface area (Å²) >= 11 is 0. The first-order valence-corrected chi connectivity index (χ1v) is 8.32. The molecule has 0 aliphatic carbocycles. The third kappa shape index (κ3) is 5.11. The average molecular weight is 304 g/mol. The molecule has 122 valence electrons. The van der Waals surface area contributed by atoms with E-state index < -0.39 is 0 Å². The van der Waals surface area contributed by atoms with Gasteiger partial charge < -0.3 is 10.1 Å². The lowest BCUT2D eigenvalue weighted by molar-refractivity contribution is -0.149. The Morgan fingerprint density at radius 1 is 1.41 bits per heavy atom. The monoisotopic (exact) mass is 304 g/mol. The van der Waals surface area contributed by atoms with Crippen LogP contribution in [0.2, 0.25) is 0 Å². The van der Waals surface area contributed by atoms with Crippen LogP contribution in [-0.4, -0.2) is 50.2 Å². The zero-order valence-corrected chi connectivity index (χ0v) is 13.8. The Bertz CT molecular complexity index is 444.